The van der Waals surface area contributed by atoms with Crippen molar-refractivity contribution in [3.05, 3.63) is 54.4 Å². The van der Waals surface area contributed by atoms with E-state index in [0.717, 1.165) is 61.1 Å². The third-order valence-electron chi connectivity index (χ3n) is 4.92. The van der Waals surface area contributed by atoms with Crippen molar-refractivity contribution < 1.29 is 14.6 Å². The first-order chi connectivity index (χ1) is 13.2. The molecule has 1 N–H and O–H groups in total. The molecule has 0 amide bonds. The number of fused-ring (bicyclic) bond motifs is 1. The van der Waals surface area contributed by atoms with Crippen molar-refractivity contribution in [3.63, 3.8) is 0 Å². The van der Waals surface area contributed by atoms with Crippen LogP contribution in [-0.4, -0.2) is 58.8 Å². The summed E-state index contributed by atoms with van der Waals surface area (Å²) in [6.07, 6.45) is 3.18. The molecule has 3 aromatic heterocycles. The summed E-state index contributed by atoms with van der Waals surface area (Å²) in [6.45, 7) is 6.82. The van der Waals surface area contributed by atoms with Gasteiger partial charge in [-0.15, -0.1) is 0 Å². The third kappa shape index (κ3) is 3.98. The summed E-state index contributed by atoms with van der Waals surface area (Å²) in [7, 11) is 0. The molecule has 0 saturated carbocycles. The SMILES string of the molecule is CC(O)c1cc2ccccn2c1-c1ccc(OCCN2CCOCC2)cn1. The van der Waals surface area contributed by atoms with E-state index in [1.54, 1.807) is 13.1 Å². The van der Waals surface area contributed by atoms with Crippen LogP contribution in [0.1, 0.15) is 18.6 Å². The Balaban J connectivity index is 1.49. The van der Waals surface area contributed by atoms with Crippen LogP contribution in [0.4, 0.5) is 0 Å². The van der Waals surface area contributed by atoms with Gasteiger partial charge in [-0.3, -0.25) is 9.88 Å². The molecule has 1 aliphatic heterocycles. The zero-order valence-corrected chi connectivity index (χ0v) is 15.5. The van der Waals surface area contributed by atoms with Crippen molar-refractivity contribution in [1.82, 2.24) is 14.3 Å². The maximum absolute atomic E-state index is 10.2. The van der Waals surface area contributed by atoms with Crippen LogP contribution >= 0.6 is 0 Å². The zero-order valence-electron chi connectivity index (χ0n) is 15.5. The Hall–Kier alpha value is -2.41. The van der Waals surface area contributed by atoms with Crippen LogP contribution < -0.4 is 4.74 Å². The fourth-order valence-electron chi connectivity index (χ4n) is 3.46. The molecule has 3 aromatic rings. The van der Waals surface area contributed by atoms with Crippen molar-refractivity contribution in [1.29, 1.82) is 0 Å². The molecule has 0 aliphatic carbocycles. The molecule has 0 aromatic carbocycles. The highest BCUT2D eigenvalue weighted by atomic mass is 16.5. The first-order valence-electron chi connectivity index (χ1n) is 9.40. The van der Waals surface area contributed by atoms with Crippen molar-refractivity contribution >= 4 is 5.52 Å². The largest absolute Gasteiger partial charge is 0.491 e. The van der Waals surface area contributed by atoms with Crippen molar-refractivity contribution in [3.8, 4) is 17.1 Å². The maximum Gasteiger partial charge on any atom is 0.137 e. The summed E-state index contributed by atoms with van der Waals surface area (Å²) in [6, 6.07) is 11.9. The summed E-state index contributed by atoms with van der Waals surface area (Å²) in [4.78, 5) is 6.93. The summed E-state index contributed by atoms with van der Waals surface area (Å²) >= 11 is 0. The molecule has 1 atom stereocenters. The van der Waals surface area contributed by atoms with Crippen LogP contribution in [0.15, 0.2) is 48.8 Å². The van der Waals surface area contributed by atoms with E-state index in [1.165, 1.54) is 0 Å². The topological polar surface area (TPSA) is 59.2 Å². The van der Waals surface area contributed by atoms with Crippen molar-refractivity contribution in [2.75, 3.05) is 39.5 Å². The number of ether oxygens (including phenoxy) is 2. The van der Waals surface area contributed by atoms with E-state index in [0.29, 0.717) is 6.61 Å². The van der Waals surface area contributed by atoms with Gasteiger partial charge in [0.2, 0.25) is 0 Å². The van der Waals surface area contributed by atoms with Gasteiger partial charge in [0.05, 0.1) is 36.9 Å². The van der Waals surface area contributed by atoms with E-state index >= 15 is 0 Å². The molecule has 1 unspecified atom stereocenters. The van der Waals surface area contributed by atoms with Gasteiger partial charge in [0.25, 0.3) is 0 Å². The number of rotatable bonds is 6. The Labute approximate surface area is 159 Å². The second-order valence-electron chi connectivity index (χ2n) is 6.80. The smallest absolute Gasteiger partial charge is 0.137 e. The summed E-state index contributed by atoms with van der Waals surface area (Å²) < 4.78 is 13.3. The normalized spacial score (nSPS) is 16.5. The molecule has 4 heterocycles. The summed E-state index contributed by atoms with van der Waals surface area (Å²) in [5, 5.41) is 10.2. The highest BCUT2D eigenvalue weighted by Crippen LogP contribution is 2.31. The molecule has 6 heteroatoms. The second kappa shape index (κ2) is 8.08. The number of aliphatic hydroxyl groups excluding tert-OH is 1. The van der Waals surface area contributed by atoms with Crippen molar-refractivity contribution in [2.45, 2.75) is 13.0 Å². The minimum atomic E-state index is -0.564. The first-order valence-corrected chi connectivity index (χ1v) is 9.40. The predicted octanol–water partition coefficient (Wildman–Crippen LogP) is 2.77. The standard InChI is InChI=1S/C21H25N3O3/c1-16(25)19-14-17-4-2-3-7-24(17)21(19)20-6-5-18(15-22-20)27-13-10-23-8-11-26-12-9-23/h2-7,14-16,25H,8-13H2,1H3. The van der Waals surface area contributed by atoms with Crippen LogP contribution in [0.25, 0.3) is 16.9 Å². The number of aromatic nitrogens is 2. The van der Waals surface area contributed by atoms with Gasteiger partial charge in [-0.25, -0.2) is 0 Å². The molecule has 0 radical (unpaired) electrons. The Morgan fingerprint density at radius 3 is 2.81 bits per heavy atom. The van der Waals surface area contributed by atoms with Gasteiger partial charge < -0.3 is 19.0 Å². The number of hydrogen-bond donors (Lipinski definition) is 1. The molecule has 6 nitrogen and oxygen atoms in total. The summed E-state index contributed by atoms with van der Waals surface area (Å²) in [5.41, 5.74) is 3.64. The highest BCUT2D eigenvalue weighted by molar-refractivity contribution is 5.70. The fraction of sp³-hybridized carbons (Fsp3) is 0.381. The Morgan fingerprint density at radius 2 is 2.07 bits per heavy atom. The van der Waals surface area contributed by atoms with E-state index < -0.39 is 6.10 Å². The second-order valence-corrected chi connectivity index (χ2v) is 6.80. The van der Waals surface area contributed by atoms with E-state index in [2.05, 4.69) is 14.3 Å². The van der Waals surface area contributed by atoms with E-state index in [4.69, 9.17) is 9.47 Å². The number of aliphatic hydroxyl groups is 1. The van der Waals surface area contributed by atoms with Gasteiger partial charge in [-0.1, -0.05) is 6.07 Å². The minimum Gasteiger partial charge on any atom is -0.491 e. The Morgan fingerprint density at radius 1 is 1.22 bits per heavy atom. The van der Waals surface area contributed by atoms with Crippen LogP contribution in [0.3, 0.4) is 0 Å². The average molecular weight is 367 g/mol. The van der Waals surface area contributed by atoms with Gasteiger partial charge in [0.1, 0.15) is 12.4 Å². The lowest BCUT2D eigenvalue weighted by molar-refractivity contribution is 0.0322. The van der Waals surface area contributed by atoms with Gasteiger partial charge in [-0.2, -0.15) is 0 Å². The predicted molar refractivity (Wildman–Crippen MR) is 104 cm³/mol. The molecule has 1 saturated heterocycles. The monoisotopic (exact) mass is 367 g/mol. The van der Waals surface area contributed by atoms with Crippen LogP contribution in [0.5, 0.6) is 5.75 Å². The molecule has 0 spiro atoms. The van der Waals surface area contributed by atoms with Gasteiger partial charge >= 0.3 is 0 Å². The number of morpholine rings is 1. The number of nitrogens with zero attached hydrogens (tertiary/aromatic N) is 3. The lowest BCUT2D eigenvalue weighted by Gasteiger charge is -2.26. The van der Waals surface area contributed by atoms with Gasteiger partial charge in [0.15, 0.2) is 0 Å². The number of hydrogen-bond acceptors (Lipinski definition) is 5. The maximum atomic E-state index is 10.2. The quantitative estimate of drug-likeness (QED) is 0.726. The molecule has 142 valence electrons. The van der Waals surface area contributed by atoms with E-state index in [9.17, 15) is 5.11 Å². The molecular formula is C21H25N3O3. The molecule has 27 heavy (non-hydrogen) atoms. The van der Waals surface area contributed by atoms with E-state index in [1.807, 2.05) is 42.6 Å². The molecular weight excluding hydrogens is 342 g/mol. The molecule has 1 fully saturated rings. The lowest BCUT2D eigenvalue weighted by atomic mass is 10.1. The van der Waals surface area contributed by atoms with Crippen molar-refractivity contribution in [2.24, 2.45) is 0 Å². The van der Waals surface area contributed by atoms with Crippen LogP contribution in [-0.2, 0) is 4.74 Å². The lowest BCUT2D eigenvalue weighted by Crippen LogP contribution is -2.38. The van der Waals surface area contributed by atoms with Crippen LogP contribution in [0, 0.1) is 0 Å². The molecule has 0 bridgehead atoms. The Kier molecular flexibility index (Phi) is 5.38. The molecule has 1 aliphatic rings. The minimum absolute atomic E-state index is 0.564. The van der Waals surface area contributed by atoms with Gasteiger partial charge in [-0.05, 0) is 37.3 Å². The van der Waals surface area contributed by atoms with Crippen LogP contribution in [0.2, 0.25) is 0 Å². The molecule has 4 rings (SSSR count). The highest BCUT2D eigenvalue weighted by Gasteiger charge is 2.17. The third-order valence-corrected chi connectivity index (χ3v) is 4.92. The fourth-order valence-corrected chi connectivity index (χ4v) is 3.46. The summed E-state index contributed by atoms with van der Waals surface area (Å²) in [5.74, 6) is 0.756. The first kappa shape index (κ1) is 18.0. The Bertz CT molecular complexity index is 883. The number of pyridine rings is 2. The average Bonchev–Trinajstić information content (AvgIpc) is 3.09. The van der Waals surface area contributed by atoms with E-state index in [-0.39, 0.29) is 0 Å². The van der Waals surface area contributed by atoms with Gasteiger partial charge in [0, 0.05) is 36.9 Å². The zero-order chi connectivity index (χ0) is 18.6.